The smallest absolute Gasteiger partial charge is 0.230 e. The fourth-order valence-electron chi connectivity index (χ4n) is 1.60. The van der Waals surface area contributed by atoms with Crippen LogP contribution in [0.2, 0.25) is 0 Å². The number of rotatable bonds is 2. The van der Waals surface area contributed by atoms with Crippen molar-refractivity contribution in [1.82, 2.24) is 4.90 Å². The maximum Gasteiger partial charge on any atom is 0.230 e. The van der Waals surface area contributed by atoms with Crippen LogP contribution >= 0.6 is 0 Å². The predicted octanol–water partition coefficient (Wildman–Crippen LogP) is 0.343. The number of hydrogen-bond donors (Lipinski definition) is 2. The number of carbonyl (C=O) groups is 1. The zero-order chi connectivity index (χ0) is 11.9. The van der Waals surface area contributed by atoms with Gasteiger partial charge in [-0.3, -0.25) is 4.79 Å². The van der Waals surface area contributed by atoms with Crippen molar-refractivity contribution in [2.24, 2.45) is 11.1 Å². The molecule has 1 aliphatic rings. The van der Waals surface area contributed by atoms with Crippen LogP contribution in [0.25, 0.3) is 0 Å². The molecular formula is C11H22N2O2. The number of carbonyl (C=O) groups excluding carboxylic acids is 1. The summed E-state index contributed by atoms with van der Waals surface area (Å²) in [5, 5.41) is 9.39. The van der Waals surface area contributed by atoms with E-state index in [2.05, 4.69) is 0 Å². The fraction of sp³-hybridized carbons (Fsp3) is 0.909. The summed E-state index contributed by atoms with van der Waals surface area (Å²) in [5.41, 5.74) is 4.85. The van der Waals surface area contributed by atoms with Crippen LogP contribution in [0.1, 0.15) is 34.1 Å². The molecule has 0 aliphatic carbocycles. The van der Waals surface area contributed by atoms with Crippen LogP contribution in [-0.2, 0) is 4.79 Å². The van der Waals surface area contributed by atoms with Gasteiger partial charge in [-0.2, -0.15) is 0 Å². The van der Waals surface area contributed by atoms with Crippen molar-refractivity contribution in [1.29, 1.82) is 0 Å². The van der Waals surface area contributed by atoms with Gasteiger partial charge in [-0.1, -0.05) is 0 Å². The van der Waals surface area contributed by atoms with E-state index in [-0.39, 0.29) is 12.0 Å². The molecule has 4 heteroatoms. The second-order valence-corrected chi connectivity index (χ2v) is 5.54. The van der Waals surface area contributed by atoms with Crippen molar-refractivity contribution in [2.75, 3.05) is 13.1 Å². The van der Waals surface area contributed by atoms with E-state index in [1.54, 1.807) is 4.90 Å². The van der Waals surface area contributed by atoms with Gasteiger partial charge in [0.15, 0.2) is 0 Å². The Morgan fingerprint density at radius 3 is 2.27 bits per heavy atom. The first-order chi connectivity index (χ1) is 6.66. The first kappa shape index (κ1) is 12.5. The van der Waals surface area contributed by atoms with Crippen molar-refractivity contribution in [3.63, 3.8) is 0 Å². The number of β-amino-alcohol motifs (C(OH)–C–C–N with tert-alkyl or cyclic N) is 1. The number of hydrogen-bond acceptors (Lipinski definition) is 3. The number of nitrogens with two attached hydrogens (primary N) is 1. The highest BCUT2D eigenvalue weighted by Crippen LogP contribution is 2.31. The van der Waals surface area contributed by atoms with Crippen LogP contribution in [0, 0.1) is 5.41 Å². The lowest BCUT2D eigenvalue weighted by atomic mass is 9.74. The number of aliphatic hydroxyl groups excluding tert-OH is 1. The first-order valence-corrected chi connectivity index (χ1v) is 5.42. The van der Waals surface area contributed by atoms with Crippen molar-refractivity contribution >= 4 is 5.91 Å². The largest absolute Gasteiger partial charge is 0.391 e. The van der Waals surface area contributed by atoms with Crippen LogP contribution < -0.4 is 5.73 Å². The topological polar surface area (TPSA) is 66.6 Å². The van der Waals surface area contributed by atoms with Crippen LogP contribution in [0.5, 0.6) is 0 Å². The van der Waals surface area contributed by atoms with E-state index >= 15 is 0 Å². The lowest BCUT2D eigenvalue weighted by Crippen LogP contribution is -2.56. The Bertz CT molecular complexity index is 256. The Morgan fingerprint density at radius 2 is 1.93 bits per heavy atom. The standard InChI is InChI=1S/C11H22N2O2/c1-10(2,11(3,4)12)9(15)13-6-5-8(14)7-13/h8,14H,5-7,12H2,1-4H3. The van der Waals surface area contributed by atoms with Crippen LogP contribution in [0.15, 0.2) is 0 Å². The summed E-state index contributed by atoms with van der Waals surface area (Å²) in [5.74, 6) is 0.0338. The Balaban J connectivity index is 2.76. The lowest BCUT2D eigenvalue weighted by molar-refractivity contribution is -0.142. The molecule has 3 N–H and O–H groups in total. The molecular weight excluding hydrogens is 192 g/mol. The van der Waals surface area contributed by atoms with Crippen molar-refractivity contribution in [3.05, 3.63) is 0 Å². The summed E-state index contributed by atoms with van der Waals surface area (Å²) in [6, 6.07) is 0. The van der Waals surface area contributed by atoms with Gasteiger partial charge in [0.05, 0.1) is 11.5 Å². The average molecular weight is 214 g/mol. The maximum absolute atomic E-state index is 12.2. The van der Waals surface area contributed by atoms with Crippen LogP contribution in [0.4, 0.5) is 0 Å². The van der Waals surface area contributed by atoms with Gasteiger partial charge < -0.3 is 15.7 Å². The molecule has 15 heavy (non-hydrogen) atoms. The molecule has 0 spiro atoms. The van der Waals surface area contributed by atoms with Crippen LogP contribution in [-0.4, -0.2) is 40.6 Å². The summed E-state index contributed by atoms with van der Waals surface area (Å²) >= 11 is 0. The Labute approximate surface area is 91.4 Å². The highest BCUT2D eigenvalue weighted by molar-refractivity contribution is 5.83. The summed E-state index contributed by atoms with van der Waals surface area (Å²) in [4.78, 5) is 13.9. The van der Waals surface area contributed by atoms with Crippen molar-refractivity contribution < 1.29 is 9.90 Å². The van der Waals surface area contributed by atoms with E-state index in [1.807, 2.05) is 27.7 Å². The summed E-state index contributed by atoms with van der Waals surface area (Å²) in [6.07, 6.45) is 0.304. The fourth-order valence-corrected chi connectivity index (χ4v) is 1.60. The first-order valence-electron chi connectivity index (χ1n) is 5.42. The van der Waals surface area contributed by atoms with Crippen molar-refractivity contribution in [2.45, 2.75) is 45.8 Å². The number of nitrogens with zero attached hydrogens (tertiary/aromatic N) is 1. The second-order valence-electron chi connectivity index (χ2n) is 5.54. The monoisotopic (exact) mass is 214 g/mol. The minimum Gasteiger partial charge on any atom is -0.391 e. The van der Waals surface area contributed by atoms with Gasteiger partial charge in [-0.15, -0.1) is 0 Å². The van der Waals surface area contributed by atoms with E-state index in [4.69, 9.17) is 5.73 Å². The van der Waals surface area contributed by atoms with Gasteiger partial charge in [0.2, 0.25) is 5.91 Å². The molecule has 0 radical (unpaired) electrons. The predicted molar refractivity (Wildman–Crippen MR) is 59.3 cm³/mol. The van der Waals surface area contributed by atoms with E-state index in [9.17, 15) is 9.90 Å². The molecule has 1 saturated heterocycles. The van der Waals surface area contributed by atoms with Crippen LogP contribution in [0.3, 0.4) is 0 Å². The molecule has 1 amide bonds. The number of aliphatic hydroxyl groups is 1. The summed E-state index contributed by atoms with van der Waals surface area (Å²) in [6.45, 7) is 8.52. The molecule has 1 aliphatic heterocycles. The minimum absolute atomic E-state index is 0.0338. The molecule has 0 aromatic carbocycles. The Hall–Kier alpha value is -0.610. The summed E-state index contributed by atoms with van der Waals surface area (Å²) < 4.78 is 0. The van der Waals surface area contributed by atoms with Gasteiger partial charge in [-0.25, -0.2) is 0 Å². The average Bonchev–Trinajstić information content (AvgIpc) is 2.48. The van der Waals surface area contributed by atoms with E-state index in [1.165, 1.54) is 0 Å². The van der Waals surface area contributed by atoms with Gasteiger partial charge in [0, 0.05) is 18.6 Å². The quantitative estimate of drug-likeness (QED) is 0.696. The third kappa shape index (κ3) is 2.32. The van der Waals surface area contributed by atoms with E-state index in [0.717, 1.165) is 0 Å². The van der Waals surface area contributed by atoms with Gasteiger partial charge in [0.1, 0.15) is 0 Å². The lowest BCUT2D eigenvalue weighted by Gasteiger charge is -2.39. The zero-order valence-corrected chi connectivity index (χ0v) is 10.1. The molecule has 1 heterocycles. The molecule has 1 unspecified atom stereocenters. The molecule has 0 bridgehead atoms. The molecule has 1 fully saturated rings. The molecule has 1 atom stereocenters. The summed E-state index contributed by atoms with van der Waals surface area (Å²) in [7, 11) is 0. The molecule has 0 aromatic rings. The molecule has 88 valence electrons. The molecule has 0 saturated carbocycles. The zero-order valence-electron chi connectivity index (χ0n) is 10.1. The molecule has 4 nitrogen and oxygen atoms in total. The van der Waals surface area contributed by atoms with E-state index < -0.39 is 11.0 Å². The van der Waals surface area contributed by atoms with Gasteiger partial charge >= 0.3 is 0 Å². The second kappa shape index (κ2) is 3.76. The minimum atomic E-state index is -0.600. The third-order valence-electron chi connectivity index (χ3n) is 3.60. The van der Waals surface area contributed by atoms with E-state index in [0.29, 0.717) is 19.5 Å². The maximum atomic E-state index is 12.2. The number of amides is 1. The van der Waals surface area contributed by atoms with Gasteiger partial charge in [-0.05, 0) is 34.1 Å². The number of likely N-dealkylation sites (tertiary alicyclic amines) is 1. The van der Waals surface area contributed by atoms with Gasteiger partial charge in [0.25, 0.3) is 0 Å². The highest BCUT2D eigenvalue weighted by atomic mass is 16.3. The highest BCUT2D eigenvalue weighted by Gasteiger charge is 2.44. The Morgan fingerprint density at radius 1 is 1.40 bits per heavy atom. The van der Waals surface area contributed by atoms with Crippen molar-refractivity contribution in [3.8, 4) is 0 Å². The molecule has 0 aromatic heterocycles. The Kier molecular flexibility index (Phi) is 3.12. The normalized spacial score (nSPS) is 23.3. The SMILES string of the molecule is CC(C)(N)C(C)(C)C(=O)N1CCC(O)C1. The molecule has 1 rings (SSSR count). The third-order valence-corrected chi connectivity index (χ3v) is 3.60.